The van der Waals surface area contributed by atoms with Gasteiger partial charge in [-0.1, -0.05) is 24.3 Å². The molecule has 0 amide bonds. The van der Waals surface area contributed by atoms with Crippen LogP contribution in [0.1, 0.15) is 44.9 Å². The lowest BCUT2D eigenvalue weighted by molar-refractivity contribution is -0.529. The van der Waals surface area contributed by atoms with Gasteiger partial charge in [-0.25, -0.2) is 0 Å². The standard InChI is InChI=1S/C18H26N2O2/c21-20(22)13-9-10-17-16(11-13)14-7-4-8-15(14)18(19-17)12-5-2-1-3-6-12/h1-2,4,8,12-19H,3,5-7,9-11H2. The van der Waals surface area contributed by atoms with Gasteiger partial charge in [-0.3, -0.25) is 10.1 Å². The summed E-state index contributed by atoms with van der Waals surface area (Å²) < 4.78 is 0. The second-order valence-electron chi connectivity index (χ2n) is 7.66. The lowest BCUT2D eigenvalue weighted by Gasteiger charge is -2.50. The molecule has 4 heteroatoms. The van der Waals surface area contributed by atoms with Crippen LogP contribution < -0.4 is 5.32 Å². The second kappa shape index (κ2) is 5.80. The van der Waals surface area contributed by atoms with Crippen molar-refractivity contribution in [1.29, 1.82) is 0 Å². The van der Waals surface area contributed by atoms with Gasteiger partial charge in [0.2, 0.25) is 6.04 Å². The maximum absolute atomic E-state index is 11.2. The number of allylic oxidation sites excluding steroid dienone is 3. The van der Waals surface area contributed by atoms with E-state index in [1.54, 1.807) is 0 Å². The molecule has 1 N–H and O–H groups in total. The van der Waals surface area contributed by atoms with Crippen LogP contribution in [0.2, 0.25) is 0 Å². The third kappa shape index (κ3) is 2.41. The molecule has 1 heterocycles. The fraction of sp³-hybridized carbons (Fsp3) is 0.778. The molecule has 120 valence electrons. The summed E-state index contributed by atoms with van der Waals surface area (Å²) >= 11 is 0. The summed E-state index contributed by atoms with van der Waals surface area (Å²) in [7, 11) is 0. The first kappa shape index (κ1) is 14.4. The van der Waals surface area contributed by atoms with Crippen LogP contribution in [0.15, 0.2) is 24.3 Å². The maximum atomic E-state index is 11.2. The zero-order valence-electron chi connectivity index (χ0n) is 13.1. The molecule has 0 aromatic carbocycles. The van der Waals surface area contributed by atoms with Crippen molar-refractivity contribution in [3.8, 4) is 0 Å². The number of fused-ring (bicyclic) bond motifs is 3. The van der Waals surface area contributed by atoms with Crippen LogP contribution in [0.3, 0.4) is 0 Å². The monoisotopic (exact) mass is 302 g/mol. The van der Waals surface area contributed by atoms with Gasteiger partial charge in [0, 0.05) is 29.8 Å². The van der Waals surface area contributed by atoms with Gasteiger partial charge in [-0.15, -0.1) is 0 Å². The minimum Gasteiger partial charge on any atom is -0.310 e. The number of rotatable bonds is 2. The van der Waals surface area contributed by atoms with Gasteiger partial charge in [0.25, 0.3) is 0 Å². The summed E-state index contributed by atoms with van der Waals surface area (Å²) in [5, 5.41) is 15.1. The van der Waals surface area contributed by atoms with Crippen molar-refractivity contribution < 1.29 is 4.92 Å². The third-order valence-corrected chi connectivity index (χ3v) is 6.62. The highest BCUT2D eigenvalue weighted by molar-refractivity contribution is 5.14. The normalized spacial score (nSPS) is 47.0. The van der Waals surface area contributed by atoms with E-state index in [1.165, 1.54) is 19.3 Å². The zero-order valence-corrected chi connectivity index (χ0v) is 13.1. The second-order valence-corrected chi connectivity index (χ2v) is 7.66. The Morgan fingerprint density at radius 3 is 2.73 bits per heavy atom. The molecule has 0 aromatic rings. The first-order chi connectivity index (χ1) is 10.7. The molecule has 4 aliphatic rings. The zero-order chi connectivity index (χ0) is 15.1. The fourth-order valence-electron chi connectivity index (χ4n) is 5.54. The number of hydrogen-bond acceptors (Lipinski definition) is 3. The predicted molar refractivity (Wildman–Crippen MR) is 86.1 cm³/mol. The van der Waals surface area contributed by atoms with Gasteiger partial charge < -0.3 is 5.32 Å². The molecule has 2 fully saturated rings. The Morgan fingerprint density at radius 1 is 1.05 bits per heavy atom. The number of piperidine rings is 1. The van der Waals surface area contributed by atoms with Crippen LogP contribution in [0.4, 0.5) is 0 Å². The molecule has 0 radical (unpaired) electrons. The number of nitro groups is 1. The summed E-state index contributed by atoms with van der Waals surface area (Å²) in [6.45, 7) is 0. The van der Waals surface area contributed by atoms with Gasteiger partial charge in [0.05, 0.1) is 0 Å². The third-order valence-electron chi connectivity index (χ3n) is 6.62. The molecule has 0 bridgehead atoms. The average Bonchev–Trinajstić information content (AvgIpc) is 3.04. The molecule has 0 aromatic heterocycles. The molecule has 1 saturated carbocycles. The Bertz CT molecular complexity index is 501. The van der Waals surface area contributed by atoms with Crippen LogP contribution in [0.5, 0.6) is 0 Å². The van der Waals surface area contributed by atoms with Crippen LogP contribution >= 0.6 is 0 Å². The van der Waals surface area contributed by atoms with E-state index in [1.807, 2.05) is 0 Å². The minimum absolute atomic E-state index is 0.0361. The van der Waals surface area contributed by atoms with E-state index in [-0.39, 0.29) is 11.0 Å². The van der Waals surface area contributed by atoms with Gasteiger partial charge in [-0.05, 0) is 55.8 Å². The van der Waals surface area contributed by atoms with Crippen LogP contribution in [-0.2, 0) is 0 Å². The van der Waals surface area contributed by atoms with Crippen molar-refractivity contribution in [3.63, 3.8) is 0 Å². The highest BCUT2D eigenvalue weighted by atomic mass is 16.6. The van der Waals surface area contributed by atoms with Crippen molar-refractivity contribution in [2.75, 3.05) is 0 Å². The van der Waals surface area contributed by atoms with Crippen molar-refractivity contribution in [2.45, 2.75) is 63.1 Å². The highest BCUT2D eigenvalue weighted by Gasteiger charge is 2.50. The van der Waals surface area contributed by atoms with E-state index in [2.05, 4.69) is 29.6 Å². The summed E-state index contributed by atoms with van der Waals surface area (Å²) in [6, 6.07) is 0.786. The van der Waals surface area contributed by atoms with E-state index >= 15 is 0 Å². The lowest BCUT2D eigenvalue weighted by Crippen LogP contribution is -2.60. The SMILES string of the molecule is O=[N+]([O-])C1CCC2NC(C3CC=CCC3)C3C=CCC3C2C1. The topological polar surface area (TPSA) is 55.2 Å². The average molecular weight is 302 g/mol. The molecular weight excluding hydrogens is 276 g/mol. The van der Waals surface area contributed by atoms with Crippen LogP contribution in [0, 0.1) is 33.8 Å². The summed E-state index contributed by atoms with van der Waals surface area (Å²) in [5.74, 6) is 2.49. The summed E-state index contributed by atoms with van der Waals surface area (Å²) in [4.78, 5) is 11.2. The molecule has 7 atom stereocenters. The van der Waals surface area contributed by atoms with E-state index in [0.29, 0.717) is 29.8 Å². The van der Waals surface area contributed by atoms with Gasteiger partial charge in [0.15, 0.2) is 0 Å². The van der Waals surface area contributed by atoms with Gasteiger partial charge in [-0.2, -0.15) is 0 Å². The molecule has 22 heavy (non-hydrogen) atoms. The molecule has 3 aliphatic carbocycles. The predicted octanol–water partition coefficient (Wildman–Crippen LogP) is 3.32. The first-order valence-electron chi connectivity index (χ1n) is 8.95. The Morgan fingerprint density at radius 2 is 1.95 bits per heavy atom. The molecule has 1 saturated heterocycles. The molecule has 4 nitrogen and oxygen atoms in total. The summed E-state index contributed by atoms with van der Waals surface area (Å²) in [6.07, 6.45) is 16.8. The Hall–Kier alpha value is -1.16. The first-order valence-corrected chi connectivity index (χ1v) is 8.95. The fourth-order valence-corrected chi connectivity index (χ4v) is 5.54. The number of hydrogen-bond donors (Lipinski definition) is 1. The smallest absolute Gasteiger partial charge is 0.213 e. The van der Waals surface area contributed by atoms with E-state index < -0.39 is 0 Å². The van der Waals surface area contributed by atoms with Crippen molar-refractivity contribution in [1.82, 2.24) is 5.32 Å². The molecule has 4 rings (SSSR count). The van der Waals surface area contributed by atoms with Gasteiger partial charge >= 0.3 is 0 Å². The van der Waals surface area contributed by atoms with Crippen molar-refractivity contribution in [3.05, 3.63) is 34.4 Å². The van der Waals surface area contributed by atoms with Crippen molar-refractivity contribution >= 4 is 0 Å². The van der Waals surface area contributed by atoms with E-state index in [9.17, 15) is 10.1 Å². The quantitative estimate of drug-likeness (QED) is 0.483. The molecule has 0 spiro atoms. The highest BCUT2D eigenvalue weighted by Crippen LogP contribution is 2.47. The lowest BCUT2D eigenvalue weighted by atomic mass is 9.63. The van der Waals surface area contributed by atoms with Gasteiger partial charge in [0.1, 0.15) is 0 Å². The van der Waals surface area contributed by atoms with Crippen molar-refractivity contribution in [2.24, 2.45) is 23.7 Å². The maximum Gasteiger partial charge on any atom is 0.213 e. The number of nitrogens with one attached hydrogen (secondary N) is 1. The van der Waals surface area contributed by atoms with Crippen LogP contribution in [0.25, 0.3) is 0 Å². The number of nitrogens with zero attached hydrogens (tertiary/aromatic N) is 1. The molecular formula is C18H26N2O2. The molecule has 7 unspecified atom stereocenters. The Labute approximate surface area is 132 Å². The minimum atomic E-state index is -0.307. The summed E-state index contributed by atoms with van der Waals surface area (Å²) in [5.41, 5.74) is 0. The van der Waals surface area contributed by atoms with E-state index in [4.69, 9.17) is 0 Å². The van der Waals surface area contributed by atoms with E-state index in [0.717, 1.165) is 31.6 Å². The Balaban J connectivity index is 1.54. The molecule has 1 aliphatic heterocycles. The largest absolute Gasteiger partial charge is 0.310 e. The Kier molecular flexibility index (Phi) is 3.81. The van der Waals surface area contributed by atoms with Crippen LogP contribution in [-0.4, -0.2) is 23.0 Å².